The van der Waals surface area contributed by atoms with Crippen LogP contribution in [0.2, 0.25) is 0 Å². The zero-order valence-corrected chi connectivity index (χ0v) is 18.2. The van der Waals surface area contributed by atoms with E-state index in [0.717, 1.165) is 10.4 Å². The minimum atomic E-state index is -1.53. The van der Waals surface area contributed by atoms with Crippen molar-refractivity contribution in [2.24, 2.45) is 0 Å². The highest BCUT2D eigenvalue weighted by Crippen LogP contribution is 2.25. The number of hydrogen-bond acceptors (Lipinski definition) is 7. The van der Waals surface area contributed by atoms with Gasteiger partial charge in [-0.05, 0) is 61.5 Å². The summed E-state index contributed by atoms with van der Waals surface area (Å²) in [5.41, 5.74) is -0.508. The fourth-order valence-corrected chi connectivity index (χ4v) is 3.34. The summed E-state index contributed by atoms with van der Waals surface area (Å²) in [6, 6.07) is 20.0. The minimum Gasteiger partial charge on any atom is -0.543 e. The van der Waals surface area contributed by atoms with Crippen LogP contribution in [-0.2, 0) is 11.3 Å². The molecule has 4 rings (SSSR count). The zero-order chi connectivity index (χ0) is 24.1. The summed E-state index contributed by atoms with van der Waals surface area (Å²) in [4.78, 5) is 36.6. The Hall–Kier alpha value is -4.66. The number of carboxylic acid groups (broad SMARTS) is 1. The molecule has 1 heterocycles. The first-order chi connectivity index (χ1) is 16.4. The van der Waals surface area contributed by atoms with Gasteiger partial charge in [-0.3, -0.25) is 9.59 Å². The highest BCUT2D eigenvalue weighted by Gasteiger charge is 2.13. The van der Waals surface area contributed by atoms with Gasteiger partial charge in [-0.1, -0.05) is 18.2 Å². The molecular weight excluding hydrogens is 438 g/mol. The number of aromatic nitrogens is 2. The van der Waals surface area contributed by atoms with Crippen LogP contribution in [0.3, 0.4) is 0 Å². The number of amides is 1. The van der Waals surface area contributed by atoms with E-state index in [0.29, 0.717) is 23.8 Å². The molecule has 9 nitrogen and oxygen atoms in total. The molecule has 1 aromatic heterocycles. The van der Waals surface area contributed by atoms with E-state index in [-0.39, 0.29) is 10.8 Å². The number of rotatable bonds is 8. The van der Waals surface area contributed by atoms with E-state index >= 15 is 0 Å². The predicted molar refractivity (Wildman–Crippen MR) is 123 cm³/mol. The maximum absolute atomic E-state index is 12.6. The minimum absolute atomic E-state index is 0.139. The highest BCUT2D eigenvalue weighted by atomic mass is 16.5. The van der Waals surface area contributed by atoms with Gasteiger partial charge in [-0.15, -0.1) is 0 Å². The van der Waals surface area contributed by atoms with Gasteiger partial charge in [-0.25, -0.2) is 4.68 Å². The van der Waals surface area contributed by atoms with Crippen LogP contribution in [0, 0.1) is 0 Å². The largest absolute Gasteiger partial charge is 0.543 e. The molecule has 1 amide bonds. The first-order valence-corrected chi connectivity index (χ1v) is 10.5. The molecule has 0 radical (unpaired) electrons. The molecule has 0 fully saturated rings. The number of carbonyl (C=O) groups excluding carboxylic acids is 2. The van der Waals surface area contributed by atoms with Gasteiger partial charge in [0.15, 0.2) is 0 Å². The van der Waals surface area contributed by atoms with Gasteiger partial charge in [0.2, 0.25) is 5.91 Å². The molecule has 34 heavy (non-hydrogen) atoms. The number of ether oxygens (including phenoxy) is 2. The molecule has 0 saturated carbocycles. The van der Waals surface area contributed by atoms with Crippen molar-refractivity contribution in [2.45, 2.75) is 13.5 Å². The van der Waals surface area contributed by atoms with Crippen LogP contribution >= 0.6 is 0 Å². The first kappa shape index (κ1) is 22.5. The lowest BCUT2D eigenvalue weighted by atomic mass is 10.1. The van der Waals surface area contributed by atoms with E-state index < -0.39 is 29.7 Å². The van der Waals surface area contributed by atoms with Gasteiger partial charge < -0.3 is 24.7 Å². The number of carbonyl (C=O) groups is 2. The van der Waals surface area contributed by atoms with E-state index in [1.165, 1.54) is 12.1 Å². The number of benzene rings is 3. The summed E-state index contributed by atoms with van der Waals surface area (Å²) in [6.45, 7) is 2.03. The van der Waals surface area contributed by atoms with Crippen molar-refractivity contribution in [1.29, 1.82) is 0 Å². The van der Waals surface area contributed by atoms with E-state index in [9.17, 15) is 19.5 Å². The van der Waals surface area contributed by atoms with Crippen LogP contribution in [0.15, 0.2) is 77.6 Å². The summed E-state index contributed by atoms with van der Waals surface area (Å²) in [6.07, 6.45) is 0. The Balaban J connectivity index is 1.44. The number of nitrogens with zero attached hydrogens (tertiary/aromatic N) is 2. The zero-order valence-electron chi connectivity index (χ0n) is 18.2. The molecule has 9 heteroatoms. The fourth-order valence-electron chi connectivity index (χ4n) is 3.34. The van der Waals surface area contributed by atoms with E-state index in [1.54, 1.807) is 48.5 Å². The van der Waals surface area contributed by atoms with Gasteiger partial charge in [0.05, 0.1) is 18.0 Å². The van der Waals surface area contributed by atoms with Crippen LogP contribution in [-0.4, -0.2) is 28.3 Å². The molecule has 0 unspecified atom stereocenters. The lowest BCUT2D eigenvalue weighted by Gasteiger charge is -2.12. The Morgan fingerprint density at radius 2 is 1.50 bits per heavy atom. The van der Waals surface area contributed by atoms with Crippen molar-refractivity contribution in [3.05, 3.63) is 88.8 Å². The molecule has 0 saturated heterocycles. The van der Waals surface area contributed by atoms with E-state index in [1.807, 2.05) is 19.1 Å². The maximum Gasteiger partial charge on any atom is 0.275 e. The van der Waals surface area contributed by atoms with Crippen LogP contribution in [0.1, 0.15) is 17.4 Å². The first-order valence-electron chi connectivity index (χ1n) is 10.5. The number of nitrogens with one attached hydrogen (secondary N) is 1. The Morgan fingerprint density at radius 1 is 0.912 bits per heavy atom. The standard InChI is InChI=1S/C25H21N3O6/c1-2-33-17-11-13-19(14-12-17)34-18-9-7-16(8-10-18)26-22(29)15-28-24(30)21-6-4-3-5-20(21)23(27-28)25(31)32/h3-14H,2,15H2,1H3,(H,26,29)(H,31,32)/p-1. The monoisotopic (exact) mass is 458 g/mol. The number of fused-ring (bicyclic) bond motifs is 1. The van der Waals surface area contributed by atoms with Crippen molar-refractivity contribution in [1.82, 2.24) is 9.78 Å². The molecule has 0 spiro atoms. The van der Waals surface area contributed by atoms with Gasteiger partial charge in [-0.2, -0.15) is 5.10 Å². The molecule has 1 N–H and O–H groups in total. The topological polar surface area (TPSA) is 123 Å². The Bertz CT molecular complexity index is 1400. The van der Waals surface area contributed by atoms with E-state index in [2.05, 4.69) is 10.4 Å². The third-order valence-corrected chi connectivity index (χ3v) is 4.86. The molecule has 0 aliphatic rings. The fraction of sp³-hybridized carbons (Fsp3) is 0.120. The number of anilines is 1. The molecule has 0 bridgehead atoms. The second kappa shape index (κ2) is 9.86. The van der Waals surface area contributed by atoms with Crippen molar-refractivity contribution < 1.29 is 24.2 Å². The molecule has 0 atom stereocenters. The summed E-state index contributed by atoms with van der Waals surface area (Å²) >= 11 is 0. The quantitative estimate of drug-likeness (QED) is 0.431. The Morgan fingerprint density at radius 3 is 2.12 bits per heavy atom. The maximum atomic E-state index is 12.6. The molecule has 4 aromatic rings. The Labute approximate surface area is 194 Å². The van der Waals surface area contributed by atoms with Gasteiger partial charge in [0.1, 0.15) is 29.5 Å². The lowest BCUT2D eigenvalue weighted by Crippen LogP contribution is -2.34. The molecule has 172 valence electrons. The molecule has 0 aliphatic heterocycles. The average molecular weight is 458 g/mol. The number of carboxylic acids is 1. The van der Waals surface area contributed by atoms with Crippen LogP contribution in [0.5, 0.6) is 17.2 Å². The summed E-state index contributed by atoms with van der Waals surface area (Å²) in [7, 11) is 0. The van der Waals surface area contributed by atoms with Gasteiger partial charge in [0, 0.05) is 11.1 Å². The van der Waals surface area contributed by atoms with Gasteiger partial charge >= 0.3 is 0 Å². The third-order valence-electron chi connectivity index (χ3n) is 4.86. The summed E-state index contributed by atoms with van der Waals surface area (Å²) < 4.78 is 12.0. The van der Waals surface area contributed by atoms with Crippen molar-refractivity contribution in [3.63, 3.8) is 0 Å². The number of hydrogen-bond donors (Lipinski definition) is 1. The average Bonchev–Trinajstić information content (AvgIpc) is 2.83. The van der Waals surface area contributed by atoms with Crippen molar-refractivity contribution >= 4 is 28.3 Å². The van der Waals surface area contributed by atoms with Crippen molar-refractivity contribution in [2.75, 3.05) is 11.9 Å². The van der Waals surface area contributed by atoms with Crippen molar-refractivity contribution in [3.8, 4) is 17.2 Å². The smallest absolute Gasteiger partial charge is 0.275 e. The Kier molecular flexibility index (Phi) is 6.54. The third kappa shape index (κ3) is 5.04. The lowest BCUT2D eigenvalue weighted by molar-refractivity contribution is -0.255. The molecular formula is C25H20N3O6-. The van der Waals surface area contributed by atoms with Crippen LogP contribution in [0.4, 0.5) is 5.69 Å². The second-order valence-corrected chi connectivity index (χ2v) is 7.22. The van der Waals surface area contributed by atoms with Crippen LogP contribution < -0.4 is 25.5 Å². The van der Waals surface area contributed by atoms with Crippen LogP contribution in [0.25, 0.3) is 10.8 Å². The summed E-state index contributed by atoms with van der Waals surface area (Å²) in [5.74, 6) is -0.138. The SMILES string of the molecule is CCOc1ccc(Oc2ccc(NC(=O)Cn3nc(C(=O)[O-])c4ccccc4c3=O)cc2)cc1. The normalized spacial score (nSPS) is 10.6. The number of aromatic carboxylic acids is 1. The molecule has 3 aromatic carbocycles. The summed E-state index contributed by atoms with van der Waals surface area (Å²) in [5, 5.41) is 18.2. The molecule has 0 aliphatic carbocycles. The van der Waals surface area contributed by atoms with E-state index in [4.69, 9.17) is 9.47 Å². The second-order valence-electron chi connectivity index (χ2n) is 7.22. The highest BCUT2D eigenvalue weighted by molar-refractivity contribution is 6.00. The predicted octanol–water partition coefficient (Wildman–Crippen LogP) is 2.59. The van der Waals surface area contributed by atoms with Gasteiger partial charge in [0.25, 0.3) is 5.56 Å².